The maximum atomic E-state index is 13.0. The molecule has 3 aromatic rings. The Bertz CT molecular complexity index is 1110. The Balaban J connectivity index is 1.40. The molecule has 0 radical (unpaired) electrons. The van der Waals surface area contributed by atoms with Crippen molar-refractivity contribution in [2.24, 2.45) is 0 Å². The number of carbonyl (C=O) groups is 2. The van der Waals surface area contributed by atoms with Crippen molar-refractivity contribution in [1.29, 1.82) is 0 Å². The van der Waals surface area contributed by atoms with Gasteiger partial charge in [0.1, 0.15) is 5.75 Å². The molecule has 0 fully saturated rings. The fraction of sp³-hybridized carbons (Fsp3) is 0.200. The predicted molar refractivity (Wildman–Crippen MR) is 122 cm³/mol. The minimum atomic E-state index is -0.303. The van der Waals surface area contributed by atoms with Crippen LogP contribution in [0.3, 0.4) is 0 Å². The number of hydrogen-bond donors (Lipinski definition) is 2. The third-order valence-electron chi connectivity index (χ3n) is 5.24. The number of urea groups is 1. The van der Waals surface area contributed by atoms with E-state index in [9.17, 15) is 9.59 Å². The lowest BCUT2D eigenvalue weighted by atomic mass is 10.1. The number of ether oxygens (including phenoxy) is 1. The number of rotatable bonds is 5. The van der Waals surface area contributed by atoms with E-state index >= 15 is 0 Å². The molecule has 0 aromatic heterocycles. The van der Waals surface area contributed by atoms with Crippen LogP contribution < -0.4 is 20.3 Å². The number of nitrogens with one attached hydrogen (secondary N) is 2. The van der Waals surface area contributed by atoms with Gasteiger partial charge < -0.3 is 20.3 Å². The Morgan fingerprint density at radius 3 is 2.58 bits per heavy atom. The van der Waals surface area contributed by atoms with Crippen LogP contribution in [0.25, 0.3) is 0 Å². The van der Waals surface area contributed by atoms with E-state index in [1.165, 1.54) is 5.56 Å². The largest absolute Gasteiger partial charge is 0.454 e. The number of benzene rings is 3. The molecule has 3 amide bonds. The molecule has 31 heavy (non-hydrogen) atoms. The fourth-order valence-corrected chi connectivity index (χ4v) is 3.56. The topological polar surface area (TPSA) is 70.7 Å². The Morgan fingerprint density at radius 2 is 1.77 bits per heavy atom. The zero-order valence-corrected chi connectivity index (χ0v) is 17.6. The van der Waals surface area contributed by atoms with Crippen LogP contribution in [-0.4, -0.2) is 25.5 Å². The third kappa shape index (κ3) is 4.69. The summed E-state index contributed by atoms with van der Waals surface area (Å²) in [5, 5.41) is 5.66. The number of aryl methyl sites for hydroxylation is 2. The van der Waals surface area contributed by atoms with Crippen molar-refractivity contribution in [3.8, 4) is 11.5 Å². The molecule has 0 spiro atoms. The van der Waals surface area contributed by atoms with E-state index in [-0.39, 0.29) is 11.9 Å². The minimum Gasteiger partial charge on any atom is -0.454 e. The van der Waals surface area contributed by atoms with E-state index in [2.05, 4.69) is 22.8 Å². The highest BCUT2D eigenvalue weighted by molar-refractivity contribution is 6.10. The van der Waals surface area contributed by atoms with Gasteiger partial charge in [0.25, 0.3) is 5.91 Å². The lowest BCUT2D eigenvalue weighted by Crippen LogP contribution is -2.30. The molecule has 1 heterocycles. The zero-order chi connectivity index (χ0) is 21.8. The van der Waals surface area contributed by atoms with Gasteiger partial charge in [0.2, 0.25) is 0 Å². The van der Waals surface area contributed by atoms with Crippen LogP contribution in [0.4, 0.5) is 16.2 Å². The normalized spacial score (nSPS) is 12.3. The number of carbonyl (C=O) groups excluding carboxylic acids is 2. The van der Waals surface area contributed by atoms with Gasteiger partial charge in [-0.15, -0.1) is 0 Å². The number of nitrogens with zero attached hydrogens (tertiary/aromatic N) is 1. The molecule has 0 unspecified atom stereocenters. The van der Waals surface area contributed by atoms with Gasteiger partial charge in [0.15, 0.2) is 5.75 Å². The maximum absolute atomic E-state index is 13.0. The summed E-state index contributed by atoms with van der Waals surface area (Å²) in [7, 11) is 1.72. The summed E-state index contributed by atoms with van der Waals surface area (Å²) >= 11 is 0. The van der Waals surface area contributed by atoms with Gasteiger partial charge in [-0.3, -0.25) is 4.79 Å². The molecule has 3 aromatic carbocycles. The number of anilines is 2. The molecular weight excluding hydrogens is 390 g/mol. The first kappa shape index (κ1) is 20.5. The number of fused-ring (bicyclic) bond motifs is 2. The van der Waals surface area contributed by atoms with E-state index in [0.717, 1.165) is 18.4 Å². The second-order valence-electron chi connectivity index (χ2n) is 7.62. The molecule has 2 N–H and O–H groups in total. The highest BCUT2D eigenvalue weighted by atomic mass is 16.5. The van der Waals surface area contributed by atoms with Crippen molar-refractivity contribution in [2.75, 3.05) is 23.8 Å². The minimum absolute atomic E-state index is 0.189. The van der Waals surface area contributed by atoms with Gasteiger partial charge in [0.05, 0.1) is 11.3 Å². The SMILES string of the molecule is Cc1ccc2c(c1)N(C)C(=O)c1cc(NC(=O)NCCCc3ccccc3)ccc1O2. The lowest BCUT2D eigenvalue weighted by Gasteiger charge is -2.16. The molecule has 0 atom stereocenters. The van der Waals surface area contributed by atoms with E-state index < -0.39 is 0 Å². The van der Waals surface area contributed by atoms with Gasteiger partial charge in [-0.1, -0.05) is 36.4 Å². The molecule has 4 rings (SSSR count). The van der Waals surface area contributed by atoms with Crippen LogP contribution in [0.5, 0.6) is 11.5 Å². The Kier molecular flexibility index (Phi) is 5.89. The summed E-state index contributed by atoms with van der Waals surface area (Å²) in [4.78, 5) is 26.9. The summed E-state index contributed by atoms with van der Waals surface area (Å²) in [6.07, 6.45) is 1.74. The Labute approximate surface area is 181 Å². The average Bonchev–Trinajstić information content (AvgIpc) is 2.87. The van der Waals surface area contributed by atoms with E-state index in [4.69, 9.17) is 4.74 Å². The van der Waals surface area contributed by atoms with Crippen LogP contribution in [0.1, 0.15) is 27.9 Å². The van der Waals surface area contributed by atoms with Gasteiger partial charge >= 0.3 is 6.03 Å². The molecule has 6 heteroatoms. The molecule has 158 valence electrons. The first-order valence-corrected chi connectivity index (χ1v) is 10.3. The smallest absolute Gasteiger partial charge is 0.319 e. The quantitative estimate of drug-likeness (QED) is 0.568. The molecule has 0 saturated heterocycles. The van der Waals surface area contributed by atoms with E-state index in [0.29, 0.717) is 35.0 Å². The number of amides is 3. The Hall–Kier alpha value is -3.80. The predicted octanol–water partition coefficient (Wildman–Crippen LogP) is 5.13. The zero-order valence-electron chi connectivity index (χ0n) is 17.6. The summed E-state index contributed by atoms with van der Waals surface area (Å²) < 4.78 is 5.99. The molecule has 0 saturated carbocycles. The molecule has 1 aliphatic rings. The second kappa shape index (κ2) is 8.92. The monoisotopic (exact) mass is 415 g/mol. The fourth-order valence-electron chi connectivity index (χ4n) is 3.56. The summed E-state index contributed by atoms with van der Waals surface area (Å²) in [6, 6.07) is 20.7. The van der Waals surface area contributed by atoms with Crippen LogP contribution >= 0.6 is 0 Å². The van der Waals surface area contributed by atoms with Crippen LogP contribution in [0.15, 0.2) is 66.7 Å². The first-order chi connectivity index (χ1) is 15.0. The van der Waals surface area contributed by atoms with Crippen molar-refractivity contribution in [3.63, 3.8) is 0 Å². The molecule has 0 aliphatic carbocycles. The molecular formula is C25H25N3O3. The molecule has 0 bridgehead atoms. The highest BCUT2D eigenvalue weighted by Crippen LogP contribution is 2.39. The second-order valence-corrected chi connectivity index (χ2v) is 7.62. The van der Waals surface area contributed by atoms with Crippen molar-refractivity contribution in [2.45, 2.75) is 19.8 Å². The van der Waals surface area contributed by atoms with Crippen molar-refractivity contribution in [3.05, 3.63) is 83.4 Å². The molecule has 1 aliphatic heterocycles. The molecule has 6 nitrogen and oxygen atoms in total. The standard InChI is InChI=1S/C25H25N3O3/c1-17-10-12-23-21(15-17)28(2)24(29)20-16-19(11-13-22(20)31-23)27-25(30)26-14-6-9-18-7-4-3-5-8-18/h3-5,7-8,10-13,15-16H,6,9,14H2,1-2H3,(H2,26,27,30). The Morgan fingerprint density at radius 1 is 1.00 bits per heavy atom. The number of hydrogen-bond acceptors (Lipinski definition) is 3. The van der Waals surface area contributed by atoms with Gasteiger partial charge in [0, 0.05) is 19.3 Å². The van der Waals surface area contributed by atoms with Crippen LogP contribution in [-0.2, 0) is 6.42 Å². The van der Waals surface area contributed by atoms with Crippen molar-refractivity contribution in [1.82, 2.24) is 5.32 Å². The first-order valence-electron chi connectivity index (χ1n) is 10.3. The van der Waals surface area contributed by atoms with E-state index in [1.54, 1.807) is 30.1 Å². The summed E-state index contributed by atoms with van der Waals surface area (Å²) in [6.45, 7) is 2.53. The average molecular weight is 415 g/mol. The van der Waals surface area contributed by atoms with Crippen molar-refractivity contribution < 1.29 is 14.3 Å². The summed E-state index contributed by atoms with van der Waals surface area (Å²) in [5.74, 6) is 0.900. The van der Waals surface area contributed by atoms with E-state index in [1.807, 2.05) is 43.3 Å². The van der Waals surface area contributed by atoms with Crippen LogP contribution in [0, 0.1) is 6.92 Å². The third-order valence-corrected chi connectivity index (χ3v) is 5.24. The maximum Gasteiger partial charge on any atom is 0.319 e. The highest BCUT2D eigenvalue weighted by Gasteiger charge is 2.26. The lowest BCUT2D eigenvalue weighted by molar-refractivity contribution is 0.0993. The van der Waals surface area contributed by atoms with Gasteiger partial charge in [-0.05, 0) is 61.2 Å². The van der Waals surface area contributed by atoms with Gasteiger partial charge in [-0.2, -0.15) is 0 Å². The van der Waals surface area contributed by atoms with Crippen LogP contribution in [0.2, 0.25) is 0 Å². The van der Waals surface area contributed by atoms with Crippen molar-refractivity contribution >= 4 is 23.3 Å². The summed E-state index contributed by atoms with van der Waals surface area (Å²) in [5.41, 5.74) is 3.94. The van der Waals surface area contributed by atoms with Gasteiger partial charge in [-0.25, -0.2) is 4.79 Å².